The Balaban J connectivity index is 1.88. The van der Waals surface area contributed by atoms with Crippen molar-refractivity contribution >= 4 is 0 Å². The van der Waals surface area contributed by atoms with Crippen molar-refractivity contribution in [3.8, 4) is 0 Å². The molecule has 0 radical (unpaired) electrons. The highest BCUT2D eigenvalue weighted by Gasteiger charge is 2.19. The molecule has 0 saturated carbocycles. The smallest absolute Gasteiger partial charge is 0.127 e. The molecule has 1 aromatic rings. The van der Waals surface area contributed by atoms with Crippen molar-refractivity contribution in [1.29, 1.82) is 0 Å². The van der Waals surface area contributed by atoms with E-state index in [0.29, 0.717) is 0 Å². The number of hydrogen-bond donors (Lipinski definition) is 3. The summed E-state index contributed by atoms with van der Waals surface area (Å²) in [6, 6.07) is 8.33. The van der Waals surface area contributed by atoms with E-state index in [0.717, 1.165) is 12.1 Å². The minimum Gasteiger partial charge on any atom is -0.392 e. The first-order valence-electron chi connectivity index (χ1n) is 6.11. The maximum Gasteiger partial charge on any atom is 0.127 e. The zero-order valence-corrected chi connectivity index (χ0v) is 10.00. The summed E-state index contributed by atoms with van der Waals surface area (Å²) in [7, 11) is 2.27. The maximum atomic E-state index is 8.97. The summed E-state index contributed by atoms with van der Waals surface area (Å²) < 4.78 is 0. The van der Waals surface area contributed by atoms with Crippen LogP contribution in [0.2, 0.25) is 0 Å². The van der Waals surface area contributed by atoms with E-state index in [1.165, 1.54) is 31.7 Å². The lowest BCUT2D eigenvalue weighted by Gasteiger charge is -2.27. The van der Waals surface area contributed by atoms with Crippen molar-refractivity contribution in [3.05, 3.63) is 35.4 Å². The summed E-state index contributed by atoms with van der Waals surface area (Å²) in [6.07, 6.45) is 0. The zero-order chi connectivity index (χ0) is 11.4. The van der Waals surface area contributed by atoms with Gasteiger partial charge in [0.25, 0.3) is 0 Å². The lowest BCUT2D eigenvalue weighted by atomic mass is 10.1. The molecule has 0 atom stereocenters. The van der Waals surface area contributed by atoms with Crippen LogP contribution < -0.4 is 9.80 Å². The molecule has 3 nitrogen and oxygen atoms in total. The third-order valence-corrected chi connectivity index (χ3v) is 3.47. The molecular weight excluding hydrogens is 200 g/mol. The van der Waals surface area contributed by atoms with E-state index >= 15 is 0 Å². The Labute approximate surface area is 97.3 Å². The van der Waals surface area contributed by atoms with Crippen LogP contribution in [0.15, 0.2) is 24.3 Å². The quantitative estimate of drug-likeness (QED) is 0.547. The van der Waals surface area contributed by atoms with Gasteiger partial charge in [-0.15, -0.1) is 0 Å². The number of nitrogens with one attached hydrogen (secondary N) is 2. The first kappa shape index (κ1) is 11.6. The Bertz CT molecular complexity index is 315. The fraction of sp³-hybridized carbons (Fsp3) is 0.538. The van der Waals surface area contributed by atoms with Crippen LogP contribution in [0.25, 0.3) is 0 Å². The van der Waals surface area contributed by atoms with Gasteiger partial charge >= 0.3 is 0 Å². The van der Waals surface area contributed by atoms with Crippen LogP contribution >= 0.6 is 0 Å². The van der Waals surface area contributed by atoms with E-state index < -0.39 is 0 Å². The molecule has 16 heavy (non-hydrogen) atoms. The van der Waals surface area contributed by atoms with Gasteiger partial charge in [-0.2, -0.15) is 0 Å². The van der Waals surface area contributed by atoms with Crippen molar-refractivity contribution in [3.63, 3.8) is 0 Å². The van der Waals surface area contributed by atoms with Gasteiger partial charge in [-0.3, -0.25) is 0 Å². The molecular formula is C13H22N2O+2. The second kappa shape index (κ2) is 5.43. The first-order chi connectivity index (χ1) is 7.78. The highest BCUT2D eigenvalue weighted by Crippen LogP contribution is 2.02. The van der Waals surface area contributed by atoms with Gasteiger partial charge in [0.15, 0.2) is 0 Å². The molecule has 0 amide bonds. The van der Waals surface area contributed by atoms with E-state index in [4.69, 9.17) is 5.11 Å². The van der Waals surface area contributed by atoms with Crippen LogP contribution in [0, 0.1) is 0 Å². The van der Waals surface area contributed by atoms with E-state index in [-0.39, 0.29) is 6.61 Å². The SMILES string of the molecule is C[NH+]1CC[NH+](Cc2ccc(CO)cc2)CC1. The standard InChI is InChI=1S/C13H20N2O/c1-14-6-8-15(9-7-14)10-12-2-4-13(11-16)5-3-12/h2-5,16H,6-11H2,1H3/p+2. The molecule has 1 aromatic carbocycles. The Morgan fingerprint density at radius 1 is 1.00 bits per heavy atom. The summed E-state index contributed by atoms with van der Waals surface area (Å²) in [5.41, 5.74) is 2.38. The molecule has 1 aliphatic rings. The predicted molar refractivity (Wildman–Crippen MR) is 63.4 cm³/mol. The molecule has 1 fully saturated rings. The first-order valence-corrected chi connectivity index (χ1v) is 6.11. The van der Waals surface area contributed by atoms with Crippen LogP contribution in [0.4, 0.5) is 0 Å². The second-order valence-corrected chi connectivity index (χ2v) is 4.86. The number of benzene rings is 1. The molecule has 1 aliphatic heterocycles. The molecule has 0 bridgehead atoms. The predicted octanol–water partition coefficient (Wildman–Crippen LogP) is -1.91. The summed E-state index contributed by atoms with van der Waals surface area (Å²) in [5, 5.41) is 8.97. The molecule has 1 saturated heterocycles. The molecule has 0 aromatic heterocycles. The molecule has 3 heteroatoms. The van der Waals surface area contributed by atoms with Crippen LogP contribution in [-0.4, -0.2) is 38.3 Å². The molecule has 3 N–H and O–H groups in total. The zero-order valence-electron chi connectivity index (χ0n) is 10.00. The topological polar surface area (TPSA) is 29.1 Å². The van der Waals surface area contributed by atoms with Crippen LogP contribution in [0.5, 0.6) is 0 Å². The Kier molecular flexibility index (Phi) is 3.93. The monoisotopic (exact) mass is 222 g/mol. The van der Waals surface area contributed by atoms with Crippen LogP contribution in [0.1, 0.15) is 11.1 Å². The van der Waals surface area contributed by atoms with Gasteiger partial charge in [0.1, 0.15) is 32.7 Å². The minimum atomic E-state index is 0.144. The average molecular weight is 222 g/mol. The van der Waals surface area contributed by atoms with Gasteiger partial charge < -0.3 is 14.9 Å². The summed E-state index contributed by atoms with van der Waals surface area (Å²) >= 11 is 0. The average Bonchev–Trinajstić information content (AvgIpc) is 2.33. The number of aliphatic hydroxyl groups is 1. The molecule has 0 spiro atoms. The lowest BCUT2D eigenvalue weighted by Crippen LogP contribution is -3.26. The number of likely N-dealkylation sites (N-methyl/N-ethyl adjacent to an activating group) is 1. The highest BCUT2D eigenvalue weighted by molar-refractivity contribution is 5.21. The fourth-order valence-corrected chi connectivity index (χ4v) is 2.26. The van der Waals surface area contributed by atoms with Gasteiger partial charge in [-0.05, 0) is 5.56 Å². The van der Waals surface area contributed by atoms with Gasteiger partial charge in [0.05, 0.1) is 13.7 Å². The van der Waals surface area contributed by atoms with E-state index in [1.54, 1.807) is 9.80 Å². The molecule has 0 unspecified atom stereocenters. The molecule has 2 rings (SSSR count). The number of piperazine rings is 1. The normalized spacial score (nSPS) is 25.6. The fourth-order valence-electron chi connectivity index (χ4n) is 2.26. The van der Waals surface area contributed by atoms with Gasteiger partial charge in [-0.1, -0.05) is 24.3 Å². The van der Waals surface area contributed by atoms with E-state index in [2.05, 4.69) is 19.2 Å². The number of rotatable bonds is 3. The van der Waals surface area contributed by atoms with Gasteiger partial charge in [-0.25, -0.2) is 0 Å². The third kappa shape index (κ3) is 3.04. The summed E-state index contributed by atoms with van der Waals surface area (Å²) in [6.45, 7) is 6.37. The lowest BCUT2D eigenvalue weighted by molar-refractivity contribution is -1.01. The second-order valence-electron chi connectivity index (χ2n) is 4.86. The minimum absolute atomic E-state index is 0.144. The third-order valence-electron chi connectivity index (χ3n) is 3.47. The number of aliphatic hydroxyl groups excluding tert-OH is 1. The Morgan fingerprint density at radius 2 is 1.56 bits per heavy atom. The van der Waals surface area contributed by atoms with Crippen molar-refractivity contribution in [2.45, 2.75) is 13.2 Å². The molecule has 88 valence electrons. The van der Waals surface area contributed by atoms with Crippen LogP contribution in [0.3, 0.4) is 0 Å². The van der Waals surface area contributed by atoms with Crippen LogP contribution in [-0.2, 0) is 13.2 Å². The van der Waals surface area contributed by atoms with E-state index in [1.807, 2.05) is 12.1 Å². The van der Waals surface area contributed by atoms with Crippen molar-refractivity contribution in [2.75, 3.05) is 33.2 Å². The largest absolute Gasteiger partial charge is 0.392 e. The van der Waals surface area contributed by atoms with Gasteiger partial charge in [0, 0.05) is 5.56 Å². The van der Waals surface area contributed by atoms with Crippen molar-refractivity contribution < 1.29 is 14.9 Å². The Morgan fingerprint density at radius 3 is 2.12 bits per heavy atom. The summed E-state index contributed by atoms with van der Waals surface area (Å²) in [4.78, 5) is 3.33. The highest BCUT2D eigenvalue weighted by atomic mass is 16.3. The van der Waals surface area contributed by atoms with E-state index in [9.17, 15) is 0 Å². The number of hydrogen-bond acceptors (Lipinski definition) is 1. The maximum absolute atomic E-state index is 8.97. The van der Waals surface area contributed by atoms with Crippen molar-refractivity contribution in [1.82, 2.24) is 0 Å². The molecule has 0 aliphatic carbocycles. The molecule has 1 heterocycles. The summed E-state index contributed by atoms with van der Waals surface area (Å²) in [5.74, 6) is 0. The van der Waals surface area contributed by atoms with Gasteiger partial charge in [0.2, 0.25) is 0 Å². The number of quaternary nitrogens is 2. The Hall–Kier alpha value is -0.900. The van der Waals surface area contributed by atoms with Crippen molar-refractivity contribution in [2.24, 2.45) is 0 Å².